The Bertz CT molecular complexity index is 3080. The number of fused-ring (bicyclic) bond motifs is 9. The van der Waals surface area contributed by atoms with Crippen LogP contribution in [0.25, 0.3) is 106 Å². The summed E-state index contributed by atoms with van der Waals surface area (Å²) >= 11 is 0. The van der Waals surface area contributed by atoms with Gasteiger partial charge in [-0.15, -0.1) is 0 Å². The smallest absolute Gasteiger partial charge is 0.164 e. The molecular formula is C47H29N3O2. The summed E-state index contributed by atoms with van der Waals surface area (Å²) in [5, 5.41) is 6.58. The van der Waals surface area contributed by atoms with Crippen molar-refractivity contribution in [3.63, 3.8) is 0 Å². The average Bonchev–Trinajstić information content (AvgIpc) is 3.78. The molecule has 5 nitrogen and oxygen atoms in total. The molecule has 11 rings (SSSR count). The Morgan fingerprint density at radius 1 is 0.442 bits per heavy atom. The predicted molar refractivity (Wildman–Crippen MR) is 211 cm³/mol. The first-order valence-corrected chi connectivity index (χ1v) is 17.7. The fraction of sp³-hybridized carbons (Fsp3) is 0.0426. The van der Waals surface area contributed by atoms with E-state index in [2.05, 4.69) is 103 Å². The number of furan rings is 2. The Balaban J connectivity index is 1.20. The van der Waals surface area contributed by atoms with Gasteiger partial charge in [0.05, 0.1) is 0 Å². The summed E-state index contributed by atoms with van der Waals surface area (Å²) in [7, 11) is 0. The number of hydrogen-bond donors (Lipinski definition) is 0. The van der Waals surface area contributed by atoms with Crippen LogP contribution in [-0.4, -0.2) is 15.0 Å². The van der Waals surface area contributed by atoms with Crippen LogP contribution in [0.4, 0.5) is 0 Å². The van der Waals surface area contributed by atoms with Gasteiger partial charge in [-0.1, -0.05) is 109 Å². The van der Waals surface area contributed by atoms with Crippen LogP contribution in [0, 0.1) is 0 Å². The molecule has 0 bridgehead atoms. The minimum absolute atomic E-state index is 0.602. The van der Waals surface area contributed by atoms with E-state index in [0.29, 0.717) is 17.5 Å². The first-order valence-electron chi connectivity index (χ1n) is 17.7. The second kappa shape index (κ2) is 11.3. The summed E-state index contributed by atoms with van der Waals surface area (Å²) in [4.78, 5) is 15.8. The molecule has 0 N–H and O–H groups in total. The van der Waals surface area contributed by atoms with E-state index in [9.17, 15) is 0 Å². The summed E-state index contributed by atoms with van der Waals surface area (Å²) in [5.74, 6) is 1.90. The Morgan fingerprint density at radius 3 is 1.98 bits per heavy atom. The number of rotatable bonds is 4. The molecule has 0 radical (unpaired) electrons. The molecule has 3 aromatic heterocycles. The number of nitrogens with zero attached hydrogens (tertiary/aromatic N) is 3. The molecule has 1 aliphatic carbocycles. The van der Waals surface area contributed by atoms with E-state index in [0.717, 1.165) is 84.5 Å². The Morgan fingerprint density at radius 2 is 1.12 bits per heavy atom. The topological polar surface area (TPSA) is 65.0 Å². The molecule has 0 aliphatic heterocycles. The highest BCUT2D eigenvalue weighted by Gasteiger charge is 2.23. The number of hydrogen-bond acceptors (Lipinski definition) is 5. The van der Waals surface area contributed by atoms with Gasteiger partial charge in [0.1, 0.15) is 22.3 Å². The van der Waals surface area contributed by atoms with Crippen LogP contribution in [0.5, 0.6) is 0 Å². The molecule has 0 amide bonds. The van der Waals surface area contributed by atoms with Crippen molar-refractivity contribution < 1.29 is 8.83 Å². The maximum Gasteiger partial charge on any atom is 0.164 e. The van der Waals surface area contributed by atoms with Gasteiger partial charge in [-0.25, -0.2) is 15.0 Å². The standard InChI is InChI=1S/C47H29N3O2/c1-2-12-28(13-3-1)45-48-46(38-25-30-14-4-5-15-32(30)33-16-6-7-17-34(33)38)50-47(49-45)39-26-31(27-43-44(39)36-19-9-11-21-41(36)52-43)29-22-23-42-37(24-29)35-18-8-10-20-40(35)51-42/h1-6,8-16,18-27H,7,17H2. The summed E-state index contributed by atoms with van der Waals surface area (Å²) in [5.41, 5.74) is 10.8. The van der Waals surface area contributed by atoms with Gasteiger partial charge in [-0.2, -0.15) is 0 Å². The van der Waals surface area contributed by atoms with Crippen molar-refractivity contribution in [2.24, 2.45) is 0 Å². The van der Waals surface area contributed by atoms with Crippen molar-refractivity contribution in [3.8, 4) is 45.3 Å². The summed E-state index contributed by atoms with van der Waals surface area (Å²) in [6, 6.07) is 48.1. The van der Waals surface area contributed by atoms with Crippen molar-refractivity contribution >= 4 is 60.7 Å². The van der Waals surface area contributed by atoms with Gasteiger partial charge in [-0.3, -0.25) is 0 Å². The number of benzene rings is 7. The third-order valence-electron chi connectivity index (χ3n) is 10.4. The Labute approximate surface area is 298 Å². The molecule has 0 fully saturated rings. The molecule has 3 heterocycles. The van der Waals surface area contributed by atoms with Crippen molar-refractivity contribution in [2.45, 2.75) is 12.8 Å². The lowest BCUT2D eigenvalue weighted by Crippen LogP contribution is -2.05. The molecule has 0 saturated carbocycles. The number of aromatic nitrogens is 3. The molecule has 244 valence electrons. The zero-order valence-corrected chi connectivity index (χ0v) is 28.0. The third kappa shape index (κ3) is 4.53. The third-order valence-corrected chi connectivity index (χ3v) is 10.4. The summed E-state index contributed by atoms with van der Waals surface area (Å²) in [6.07, 6.45) is 6.42. The molecule has 52 heavy (non-hydrogen) atoms. The van der Waals surface area contributed by atoms with Crippen LogP contribution in [-0.2, 0) is 6.42 Å². The highest BCUT2D eigenvalue weighted by Crippen LogP contribution is 2.42. The van der Waals surface area contributed by atoms with Crippen molar-refractivity contribution in [1.29, 1.82) is 0 Å². The maximum absolute atomic E-state index is 6.57. The van der Waals surface area contributed by atoms with E-state index in [-0.39, 0.29) is 0 Å². The van der Waals surface area contributed by atoms with Gasteiger partial charge in [-0.05, 0) is 88.3 Å². The van der Waals surface area contributed by atoms with Gasteiger partial charge in [0.25, 0.3) is 0 Å². The fourth-order valence-electron chi connectivity index (χ4n) is 7.94. The minimum atomic E-state index is 0.602. The lowest BCUT2D eigenvalue weighted by atomic mass is 9.88. The maximum atomic E-state index is 6.57. The molecule has 0 saturated heterocycles. The zero-order valence-electron chi connectivity index (χ0n) is 28.0. The monoisotopic (exact) mass is 667 g/mol. The van der Waals surface area contributed by atoms with Crippen LogP contribution in [0.15, 0.2) is 154 Å². The Kier molecular flexibility index (Phi) is 6.31. The molecule has 10 aromatic rings. The molecule has 0 atom stereocenters. The normalized spacial score (nSPS) is 12.8. The largest absolute Gasteiger partial charge is 0.456 e. The lowest BCUT2D eigenvalue weighted by Gasteiger charge is -2.19. The first kappa shape index (κ1) is 28.9. The van der Waals surface area contributed by atoms with Gasteiger partial charge < -0.3 is 8.83 Å². The lowest BCUT2D eigenvalue weighted by molar-refractivity contribution is 0.669. The molecular weight excluding hydrogens is 639 g/mol. The highest BCUT2D eigenvalue weighted by atomic mass is 16.3. The number of para-hydroxylation sites is 2. The van der Waals surface area contributed by atoms with Crippen LogP contribution >= 0.6 is 0 Å². The van der Waals surface area contributed by atoms with Gasteiger partial charge in [0, 0.05) is 38.2 Å². The van der Waals surface area contributed by atoms with Gasteiger partial charge >= 0.3 is 0 Å². The molecule has 1 aliphatic rings. The summed E-state index contributed by atoms with van der Waals surface area (Å²) < 4.78 is 12.7. The van der Waals surface area contributed by atoms with Crippen molar-refractivity contribution in [2.75, 3.05) is 0 Å². The van der Waals surface area contributed by atoms with E-state index in [4.69, 9.17) is 23.8 Å². The Hall–Kier alpha value is -6.85. The summed E-state index contributed by atoms with van der Waals surface area (Å²) in [6.45, 7) is 0. The fourth-order valence-corrected chi connectivity index (χ4v) is 7.94. The molecule has 0 unspecified atom stereocenters. The molecule has 7 aromatic carbocycles. The highest BCUT2D eigenvalue weighted by molar-refractivity contribution is 6.14. The average molecular weight is 668 g/mol. The van der Waals surface area contributed by atoms with Crippen LogP contribution in [0.2, 0.25) is 0 Å². The van der Waals surface area contributed by atoms with Crippen LogP contribution < -0.4 is 0 Å². The SMILES string of the molecule is C1=Cc2c(c(-c3nc(-c4ccccc4)nc(-c4cc(-c5ccc6oc7ccccc7c6c5)cc5oc6ccccc6c45)n3)cc3ccccc23)CC1. The predicted octanol–water partition coefficient (Wildman–Crippen LogP) is 12.5. The van der Waals surface area contributed by atoms with Crippen LogP contribution in [0.3, 0.4) is 0 Å². The van der Waals surface area contributed by atoms with E-state index in [1.807, 2.05) is 48.5 Å². The van der Waals surface area contributed by atoms with Crippen molar-refractivity contribution in [1.82, 2.24) is 15.0 Å². The number of allylic oxidation sites excluding steroid dienone is 1. The zero-order chi connectivity index (χ0) is 34.2. The molecule has 5 heteroatoms. The quantitative estimate of drug-likeness (QED) is 0.187. The second-order valence-electron chi connectivity index (χ2n) is 13.5. The van der Waals surface area contributed by atoms with Gasteiger partial charge in [0.2, 0.25) is 0 Å². The van der Waals surface area contributed by atoms with Gasteiger partial charge in [0.15, 0.2) is 17.5 Å². The van der Waals surface area contributed by atoms with Crippen molar-refractivity contribution in [3.05, 3.63) is 157 Å². The van der Waals surface area contributed by atoms with E-state index in [1.54, 1.807) is 0 Å². The van der Waals surface area contributed by atoms with E-state index < -0.39 is 0 Å². The minimum Gasteiger partial charge on any atom is -0.456 e. The van der Waals surface area contributed by atoms with E-state index in [1.165, 1.54) is 21.9 Å². The van der Waals surface area contributed by atoms with E-state index >= 15 is 0 Å². The molecule has 0 spiro atoms. The first-order chi connectivity index (χ1) is 25.7. The second-order valence-corrected chi connectivity index (χ2v) is 13.5. The van der Waals surface area contributed by atoms with Crippen LogP contribution in [0.1, 0.15) is 17.5 Å².